The van der Waals surface area contributed by atoms with E-state index in [0.717, 1.165) is 0 Å². The number of rotatable bonds is 6. The van der Waals surface area contributed by atoms with Crippen molar-refractivity contribution in [2.75, 3.05) is 6.54 Å². The molecule has 0 saturated carbocycles. The minimum atomic E-state index is -0.903. The molecule has 1 rings (SSSR count). The SMILES string of the molecule is [N-]=[N+]=NCC(CC(=O)O)Cc1ccco1. The smallest absolute Gasteiger partial charge is 0.303 e. The molecular formula is C9H11N3O3. The van der Waals surface area contributed by atoms with Crippen LogP contribution in [0.3, 0.4) is 0 Å². The van der Waals surface area contributed by atoms with Crippen molar-refractivity contribution < 1.29 is 14.3 Å². The summed E-state index contributed by atoms with van der Waals surface area (Å²) in [6.45, 7) is 0.170. The van der Waals surface area contributed by atoms with Crippen LogP contribution in [0.25, 0.3) is 10.4 Å². The van der Waals surface area contributed by atoms with Gasteiger partial charge in [-0.15, -0.1) is 0 Å². The maximum atomic E-state index is 10.5. The minimum absolute atomic E-state index is 0.0281. The molecular weight excluding hydrogens is 198 g/mol. The highest BCUT2D eigenvalue weighted by atomic mass is 16.4. The van der Waals surface area contributed by atoms with Crippen LogP contribution in [0.4, 0.5) is 0 Å². The molecule has 0 radical (unpaired) electrons. The van der Waals surface area contributed by atoms with E-state index in [2.05, 4.69) is 10.0 Å². The first-order chi connectivity index (χ1) is 7.22. The highest BCUT2D eigenvalue weighted by Gasteiger charge is 2.14. The zero-order valence-electron chi connectivity index (χ0n) is 8.04. The average Bonchev–Trinajstić information content (AvgIpc) is 2.66. The standard InChI is InChI=1S/C9H11N3O3/c10-12-11-6-7(5-9(13)14)4-8-2-1-3-15-8/h1-3,7H,4-6H2,(H,13,14). The van der Waals surface area contributed by atoms with E-state index >= 15 is 0 Å². The maximum absolute atomic E-state index is 10.5. The summed E-state index contributed by atoms with van der Waals surface area (Å²) in [5.74, 6) is -0.418. The van der Waals surface area contributed by atoms with Crippen LogP contribution < -0.4 is 0 Å². The molecule has 1 aromatic heterocycles. The van der Waals surface area contributed by atoms with Crippen LogP contribution in [-0.2, 0) is 11.2 Å². The number of nitrogens with zero attached hydrogens (tertiary/aromatic N) is 3. The maximum Gasteiger partial charge on any atom is 0.303 e. The third kappa shape index (κ3) is 4.19. The Labute approximate surface area is 86.1 Å². The molecule has 0 aliphatic heterocycles. The van der Waals surface area contributed by atoms with Crippen molar-refractivity contribution in [3.63, 3.8) is 0 Å². The molecule has 1 N–H and O–H groups in total. The Kier molecular flexibility index (Phi) is 4.25. The first kappa shape index (κ1) is 11.1. The number of carboxylic acids is 1. The van der Waals surface area contributed by atoms with Gasteiger partial charge in [0.25, 0.3) is 0 Å². The van der Waals surface area contributed by atoms with Crippen molar-refractivity contribution >= 4 is 5.97 Å². The van der Waals surface area contributed by atoms with Gasteiger partial charge in [-0.1, -0.05) is 5.11 Å². The Morgan fingerprint density at radius 2 is 2.53 bits per heavy atom. The lowest BCUT2D eigenvalue weighted by atomic mass is 10.0. The number of carboxylic acid groups (broad SMARTS) is 1. The van der Waals surface area contributed by atoms with Crippen LogP contribution in [0.5, 0.6) is 0 Å². The molecule has 0 aliphatic carbocycles. The number of furan rings is 1. The van der Waals surface area contributed by atoms with E-state index < -0.39 is 5.97 Å². The summed E-state index contributed by atoms with van der Waals surface area (Å²) >= 11 is 0. The van der Waals surface area contributed by atoms with Crippen molar-refractivity contribution in [1.82, 2.24) is 0 Å². The Balaban J connectivity index is 2.55. The lowest BCUT2D eigenvalue weighted by Gasteiger charge is -2.09. The van der Waals surface area contributed by atoms with E-state index in [9.17, 15) is 4.79 Å². The first-order valence-electron chi connectivity index (χ1n) is 4.47. The summed E-state index contributed by atoms with van der Waals surface area (Å²) in [4.78, 5) is 13.1. The molecule has 0 spiro atoms. The van der Waals surface area contributed by atoms with E-state index in [1.165, 1.54) is 6.26 Å². The zero-order chi connectivity index (χ0) is 11.1. The summed E-state index contributed by atoms with van der Waals surface area (Å²) in [5, 5.41) is 12.0. The Hall–Kier alpha value is -1.94. The molecule has 0 fully saturated rings. The quantitative estimate of drug-likeness (QED) is 0.441. The Morgan fingerprint density at radius 3 is 3.07 bits per heavy atom. The van der Waals surface area contributed by atoms with Crippen molar-refractivity contribution in [3.8, 4) is 0 Å². The van der Waals surface area contributed by atoms with Gasteiger partial charge in [-0.05, 0) is 23.6 Å². The summed E-state index contributed by atoms with van der Waals surface area (Å²) in [5.41, 5.74) is 8.16. The second kappa shape index (κ2) is 5.72. The highest BCUT2D eigenvalue weighted by Crippen LogP contribution is 2.13. The van der Waals surface area contributed by atoms with E-state index in [0.29, 0.717) is 12.2 Å². The molecule has 1 heterocycles. The number of hydrogen-bond acceptors (Lipinski definition) is 3. The van der Waals surface area contributed by atoms with E-state index in [1.54, 1.807) is 12.1 Å². The molecule has 1 atom stereocenters. The average molecular weight is 209 g/mol. The molecule has 15 heavy (non-hydrogen) atoms. The first-order valence-corrected chi connectivity index (χ1v) is 4.47. The summed E-state index contributed by atoms with van der Waals surface area (Å²) in [7, 11) is 0. The highest BCUT2D eigenvalue weighted by molar-refractivity contribution is 5.67. The van der Waals surface area contributed by atoms with Gasteiger partial charge in [0.2, 0.25) is 0 Å². The van der Waals surface area contributed by atoms with Gasteiger partial charge in [0.15, 0.2) is 0 Å². The van der Waals surface area contributed by atoms with E-state index in [1.807, 2.05) is 0 Å². The van der Waals surface area contributed by atoms with Crippen molar-refractivity contribution in [1.29, 1.82) is 0 Å². The number of carbonyl (C=O) groups is 1. The molecule has 6 heteroatoms. The van der Waals surface area contributed by atoms with Gasteiger partial charge < -0.3 is 9.52 Å². The van der Waals surface area contributed by atoms with E-state index in [-0.39, 0.29) is 18.9 Å². The normalized spacial score (nSPS) is 11.7. The monoisotopic (exact) mass is 209 g/mol. The molecule has 0 aromatic carbocycles. The molecule has 0 saturated heterocycles. The van der Waals surface area contributed by atoms with Crippen LogP contribution in [0.15, 0.2) is 27.9 Å². The second-order valence-electron chi connectivity index (χ2n) is 3.16. The minimum Gasteiger partial charge on any atom is -0.481 e. The van der Waals surface area contributed by atoms with Crippen molar-refractivity contribution in [2.45, 2.75) is 12.8 Å². The predicted molar refractivity (Wildman–Crippen MR) is 52.2 cm³/mol. The van der Waals surface area contributed by atoms with Gasteiger partial charge in [-0.25, -0.2) is 0 Å². The third-order valence-electron chi connectivity index (χ3n) is 1.94. The Bertz CT molecular complexity index is 351. The molecule has 0 amide bonds. The molecule has 6 nitrogen and oxygen atoms in total. The summed E-state index contributed by atoms with van der Waals surface area (Å²) in [6.07, 6.45) is 1.97. The molecule has 80 valence electrons. The lowest BCUT2D eigenvalue weighted by molar-refractivity contribution is -0.138. The van der Waals surface area contributed by atoms with Gasteiger partial charge in [0.1, 0.15) is 5.76 Å². The molecule has 1 unspecified atom stereocenters. The fraction of sp³-hybridized carbons (Fsp3) is 0.444. The largest absolute Gasteiger partial charge is 0.481 e. The van der Waals surface area contributed by atoms with Crippen LogP contribution in [0, 0.1) is 5.92 Å². The number of hydrogen-bond donors (Lipinski definition) is 1. The van der Waals surface area contributed by atoms with Gasteiger partial charge in [0, 0.05) is 24.3 Å². The van der Waals surface area contributed by atoms with Gasteiger partial charge in [0.05, 0.1) is 6.26 Å². The molecule has 0 aliphatic rings. The topological polar surface area (TPSA) is 99.2 Å². The van der Waals surface area contributed by atoms with Crippen LogP contribution in [0.1, 0.15) is 12.2 Å². The van der Waals surface area contributed by atoms with Gasteiger partial charge in [-0.2, -0.15) is 0 Å². The van der Waals surface area contributed by atoms with Crippen LogP contribution in [-0.4, -0.2) is 17.6 Å². The molecule has 0 bridgehead atoms. The Morgan fingerprint density at radius 1 is 1.73 bits per heavy atom. The lowest BCUT2D eigenvalue weighted by Crippen LogP contribution is -2.13. The zero-order valence-corrected chi connectivity index (χ0v) is 8.04. The van der Waals surface area contributed by atoms with Gasteiger partial charge in [-0.3, -0.25) is 4.79 Å². The van der Waals surface area contributed by atoms with E-state index in [4.69, 9.17) is 15.1 Å². The summed E-state index contributed by atoms with van der Waals surface area (Å²) < 4.78 is 5.10. The van der Waals surface area contributed by atoms with Crippen LogP contribution >= 0.6 is 0 Å². The van der Waals surface area contributed by atoms with Gasteiger partial charge >= 0.3 is 5.97 Å². The summed E-state index contributed by atoms with van der Waals surface area (Å²) in [6, 6.07) is 3.51. The van der Waals surface area contributed by atoms with Crippen molar-refractivity contribution in [2.24, 2.45) is 11.0 Å². The third-order valence-corrected chi connectivity index (χ3v) is 1.94. The second-order valence-corrected chi connectivity index (χ2v) is 3.16. The molecule has 1 aromatic rings. The number of aliphatic carboxylic acids is 1. The fourth-order valence-corrected chi connectivity index (χ4v) is 1.31. The van der Waals surface area contributed by atoms with Crippen molar-refractivity contribution in [3.05, 3.63) is 34.6 Å². The van der Waals surface area contributed by atoms with Crippen LogP contribution in [0.2, 0.25) is 0 Å². The number of azide groups is 1. The predicted octanol–water partition coefficient (Wildman–Crippen LogP) is 2.22. The fourth-order valence-electron chi connectivity index (χ4n) is 1.31.